The Hall–Kier alpha value is -2.34. The standard InChI is InChI=1S/C17H18ClN5O/c1-10-15(11(2)20-16(19-10)24-3)23-9-5-8-22-13-7-4-6-12(18)14(13)21-17(22)23/h4,6-7H,5,8-9H2,1-3H3. The second-order valence-electron chi connectivity index (χ2n) is 5.91. The maximum Gasteiger partial charge on any atom is 0.316 e. The van der Waals surface area contributed by atoms with E-state index in [2.05, 4.69) is 25.5 Å². The summed E-state index contributed by atoms with van der Waals surface area (Å²) in [5.74, 6) is 0.893. The van der Waals surface area contributed by atoms with Crippen LogP contribution in [0.4, 0.5) is 11.6 Å². The van der Waals surface area contributed by atoms with Crippen molar-refractivity contribution < 1.29 is 4.74 Å². The fraction of sp³-hybridized carbons (Fsp3) is 0.353. The van der Waals surface area contributed by atoms with Gasteiger partial charge in [-0.15, -0.1) is 0 Å². The van der Waals surface area contributed by atoms with E-state index >= 15 is 0 Å². The zero-order valence-corrected chi connectivity index (χ0v) is 14.6. The highest BCUT2D eigenvalue weighted by Crippen LogP contribution is 2.36. The lowest BCUT2D eigenvalue weighted by atomic mass is 10.2. The summed E-state index contributed by atoms with van der Waals surface area (Å²) in [5.41, 5.74) is 4.65. The average molecular weight is 344 g/mol. The summed E-state index contributed by atoms with van der Waals surface area (Å²) in [5, 5.41) is 0.675. The Morgan fingerprint density at radius 1 is 1.08 bits per heavy atom. The number of fused-ring (bicyclic) bond motifs is 3. The average Bonchev–Trinajstić information content (AvgIpc) is 2.95. The van der Waals surface area contributed by atoms with Crippen LogP contribution in [0.1, 0.15) is 17.8 Å². The summed E-state index contributed by atoms with van der Waals surface area (Å²) >= 11 is 6.34. The number of anilines is 2. The van der Waals surface area contributed by atoms with E-state index in [1.807, 2.05) is 26.0 Å². The molecule has 1 aromatic carbocycles. The highest BCUT2D eigenvalue weighted by molar-refractivity contribution is 6.35. The van der Waals surface area contributed by atoms with Crippen molar-refractivity contribution in [3.05, 3.63) is 34.6 Å². The molecule has 3 aromatic rings. The van der Waals surface area contributed by atoms with Crippen LogP contribution < -0.4 is 9.64 Å². The Bertz CT molecular complexity index is 913. The predicted octanol–water partition coefficient (Wildman–Crippen LogP) is 3.65. The summed E-state index contributed by atoms with van der Waals surface area (Å²) in [6, 6.07) is 6.29. The zero-order valence-electron chi connectivity index (χ0n) is 13.9. The number of hydrogen-bond acceptors (Lipinski definition) is 5. The van der Waals surface area contributed by atoms with Crippen molar-refractivity contribution >= 4 is 34.3 Å². The number of halogens is 1. The Morgan fingerprint density at radius 3 is 2.54 bits per heavy atom. The van der Waals surface area contributed by atoms with Gasteiger partial charge in [0.2, 0.25) is 5.95 Å². The number of nitrogens with zero attached hydrogens (tertiary/aromatic N) is 5. The minimum Gasteiger partial charge on any atom is -0.467 e. The molecule has 0 aliphatic carbocycles. The van der Waals surface area contributed by atoms with Gasteiger partial charge in [-0.2, -0.15) is 9.97 Å². The quantitative estimate of drug-likeness (QED) is 0.711. The minimum absolute atomic E-state index is 0.391. The molecule has 0 saturated heterocycles. The highest BCUT2D eigenvalue weighted by Gasteiger charge is 2.26. The molecular weight excluding hydrogens is 326 g/mol. The molecule has 0 amide bonds. The Balaban J connectivity index is 1.92. The number of imidazole rings is 1. The first-order valence-electron chi connectivity index (χ1n) is 7.91. The van der Waals surface area contributed by atoms with Gasteiger partial charge in [-0.1, -0.05) is 17.7 Å². The van der Waals surface area contributed by atoms with Gasteiger partial charge in [0.1, 0.15) is 5.52 Å². The molecule has 2 aromatic heterocycles. The number of benzene rings is 1. The van der Waals surface area contributed by atoms with Crippen molar-refractivity contribution in [1.29, 1.82) is 0 Å². The maximum absolute atomic E-state index is 6.34. The molecule has 0 radical (unpaired) electrons. The number of para-hydroxylation sites is 1. The van der Waals surface area contributed by atoms with Gasteiger partial charge in [-0.05, 0) is 32.4 Å². The van der Waals surface area contributed by atoms with Gasteiger partial charge < -0.3 is 14.2 Å². The number of rotatable bonds is 2. The van der Waals surface area contributed by atoms with Gasteiger partial charge in [-0.25, -0.2) is 4.98 Å². The summed E-state index contributed by atoms with van der Waals surface area (Å²) < 4.78 is 7.39. The monoisotopic (exact) mass is 343 g/mol. The molecule has 0 bridgehead atoms. The van der Waals surface area contributed by atoms with E-state index in [-0.39, 0.29) is 0 Å². The van der Waals surface area contributed by atoms with E-state index in [9.17, 15) is 0 Å². The molecule has 7 heteroatoms. The first-order chi connectivity index (χ1) is 11.6. The normalized spacial score (nSPS) is 14.1. The molecule has 3 heterocycles. The second kappa shape index (κ2) is 5.63. The molecule has 6 nitrogen and oxygen atoms in total. The number of aromatic nitrogens is 4. The maximum atomic E-state index is 6.34. The van der Waals surface area contributed by atoms with Crippen LogP contribution in [0, 0.1) is 13.8 Å². The molecule has 0 fully saturated rings. The third-order valence-electron chi connectivity index (χ3n) is 4.38. The third-order valence-corrected chi connectivity index (χ3v) is 4.68. The first-order valence-corrected chi connectivity index (χ1v) is 8.29. The van der Waals surface area contributed by atoms with E-state index in [1.165, 1.54) is 0 Å². The molecule has 4 rings (SSSR count). The number of aryl methyl sites for hydroxylation is 3. The van der Waals surface area contributed by atoms with Crippen molar-refractivity contribution in [2.45, 2.75) is 26.8 Å². The van der Waals surface area contributed by atoms with Crippen LogP contribution >= 0.6 is 11.6 Å². The molecule has 0 N–H and O–H groups in total. The van der Waals surface area contributed by atoms with Crippen LogP contribution in [-0.4, -0.2) is 33.2 Å². The van der Waals surface area contributed by atoms with Crippen molar-refractivity contribution in [3.63, 3.8) is 0 Å². The molecule has 1 aliphatic heterocycles. The van der Waals surface area contributed by atoms with Crippen molar-refractivity contribution in [2.24, 2.45) is 0 Å². The van der Waals surface area contributed by atoms with Gasteiger partial charge in [0.15, 0.2) is 0 Å². The fourth-order valence-electron chi connectivity index (χ4n) is 3.39. The molecule has 0 unspecified atom stereocenters. The highest BCUT2D eigenvalue weighted by atomic mass is 35.5. The Morgan fingerprint density at radius 2 is 1.83 bits per heavy atom. The van der Waals surface area contributed by atoms with Gasteiger partial charge in [0.25, 0.3) is 0 Å². The summed E-state index contributed by atoms with van der Waals surface area (Å²) in [4.78, 5) is 15.9. The lowest BCUT2D eigenvalue weighted by Crippen LogP contribution is -2.29. The lowest BCUT2D eigenvalue weighted by molar-refractivity contribution is 0.377. The Labute approximate surface area is 145 Å². The molecule has 0 saturated carbocycles. The first kappa shape index (κ1) is 15.2. The van der Waals surface area contributed by atoms with Crippen LogP contribution in [0.3, 0.4) is 0 Å². The number of hydrogen-bond donors (Lipinski definition) is 0. The van der Waals surface area contributed by atoms with Crippen molar-refractivity contribution in [2.75, 3.05) is 18.6 Å². The predicted molar refractivity (Wildman–Crippen MR) is 94.4 cm³/mol. The molecule has 0 atom stereocenters. The summed E-state index contributed by atoms with van der Waals surface area (Å²) in [6.45, 7) is 5.75. The van der Waals surface area contributed by atoms with Gasteiger partial charge >= 0.3 is 6.01 Å². The minimum atomic E-state index is 0.391. The zero-order chi connectivity index (χ0) is 16.8. The van der Waals surface area contributed by atoms with Crippen molar-refractivity contribution in [1.82, 2.24) is 19.5 Å². The molecule has 1 aliphatic rings. The SMILES string of the molecule is COc1nc(C)c(N2CCCn3c2nc2c(Cl)cccc23)c(C)n1. The van der Waals surface area contributed by atoms with E-state index in [0.29, 0.717) is 11.0 Å². The summed E-state index contributed by atoms with van der Waals surface area (Å²) in [6.07, 6.45) is 1.02. The second-order valence-corrected chi connectivity index (χ2v) is 6.31. The van der Waals surface area contributed by atoms with Gasteiger partial charge in [0.05, 0.1) is 34.7 Å². The fourth-order valence-corrected chi connectivity index (χ4v) is 3.60. The molecule has 124 valence electrons. The molecule has 0 spiro atoms. The number of ether oxygens (including phenoxy) is 1. The van der Waals surface area contributed by atoms with Crippen LogP contribution in [0.5, 0.6) is 6.01 Å². The molecule has 24 heavy (non-hydrogen) atoms. The Kier molecular flexibility index (Phi) is 3.57. The van der Waals surface area contributed by atoms with E-state index in [1.54, 1.807) is 7.11 Å². The van der Waals surface area contributed by atoms with Gasteiger partial charge in [0, 0.05) is 13.1 Å². The topological polar surface area (TPSA) is 56.1 Å². The largest absolute Gasteiger partial charge is 0.467 e. The third kappa shape index (κ3) is 2.21. The lowest BCUT2D eigenvalue weighted by Gasteiger charge is -2.30. The summed E-state index contributed by atoms with van der Waals surface area (Å²) in [7, 11) is 1.58. The number of methoxy groups -OCH3 is 1. The van der Waals surface area contributed by atoms with E-state index in [0.717, 1.165) is 53.6 Å². The smallest absolute Gasteiger partial charge is 0.316 e. The van der Waals surface area contributed by atoms with Crippen LogP contribution in [-0.2, 0) is 6.54 Å². The van der Waals surface area contributed by atoms with Crippen molar-refractivity contribution in [3.8, 4) is 6.01 Å². The van der Waals surface area contributed by atoms with Crippen LogP contribution in [0.15, 0.2) is 18.2 Å². The van der Waals surface area contributed by atoms with Gasteiger partial charge in [-0.3, -0.25) is 0 Å². The molecular formula is C17H18ClN5O. The van der Waals surface area contributed by atoms with E-state index < -0.39 is 0 Å². The van der Waals surface area contributed by atoms with E-state index in [4.69, 9.17) is 21.3 Å². The van der Waals surface area contributed by atoms with Crippen LogP contribution in [0.2, 0.25) is 5.02 Å². The van der Waals surface area contributed by atoms with Crippen LogP contribution in [0.25, 0.3) is 11.0 Å².